The molecule has 0 aromatic carbocycles. The van der Waals surface area contributed by atoms with Crippen LogP contribution >= 0.6 is 0 Å². The van der Waals surface area contributed by atoms with Gasteiger partial charge in [-0.3, -0.25) is 4.79 Å². The molecule has 3 unspecified atom stereocenters. The molecule has 0 radical (unpaired) electrons. The number of rotatable bonds is 1. The number of amides is 1. The highest BCUT2D eigenvalue weighted by molar-refractivity contribution is 5.73. The van der Waals surface area contributed by atoms with Crippen LogP contribution in [0.1, 0.15) is 26.2 Å². The summed E-state index contributed by atoms with van der Waals surface area (Å²) in [7, 11) is 0. The van der Waals surface area contributed by atoms with Crippen LogP contribution in [0.5, 0.6) is 0 Å². The predicted molar refractivity (Wildman–Crippen MR) is 46.7 cm³/mol. The first-order chi connectivity index (χ1) is 5.75. The van der Waals surface area contributed by atoms with Crippen LogP contribution in [-0.2, 0) is 4.79 Å². The average Bonchev–Trinajstić information content (AvgIpc) is 2.05. The Balaban J connectivity index is 1.95. The first-order valence-corrected chi connectivity index (χ1v) is 4.76. The Bertz CT molecular complexity index is 185. The molecule has 3 nitrogen and oxygen atoms in total. The number of hydrogen-bond donors (Lipinski definition) is 2. The van der Waals surface area contributed by atoms with Gasteiger partial charge in [0.25, 0.3) is 0 Å². The minimum Gasteiger partial charge on any atom is -0.353 e. The number of carbonyl (C=O) groups is 1. The van der Waals surface area contributed by atoms with Crippen molar-refractivity contribution in [2.45, 2.75) is 38.3 Å². The highest BCUT2D eigenvalue weighted by Crippen LogP contribution is 2.29. The van der Waals surface area contributed by atoms with E-state index in [1.807, 2.05) is 0 Å². The van der Waals surface area contributed by atoms with Crippen LogP contribution in [0.4, 0.5) is 0 Å². The molecule has 1 aliphatic carbocycles. The minimum absolute atomic E-state index is 0.118. The molecule has 3 aliphatic rings. The van der Waals surface area contributed by atoms with Gasteiger partial charge in [-0.2, -0.15) is 0 Å². The first kappa shape index (κ1) is 8.05. The summed E-state index contributed by atoms with van der Waals surface area (Å²) in [6.45, 7) is 2.70. The Labute approximate surface area is 72.9 Å². The highest BCUT2D eigenvalue weighted by atomic mass is 16.1. The summed E-state index contributed by atoms with van der Waals surface area (Å²) in [6.07, 6.45) is 3.70. The van der Waals surface area contributed by atoms with E-state index in [0.717, 1.165) is 13.0 Å². The summed E-state index contributed by atoms with van der Waals surface area (Å²) >= 11 is 0. The number of carbonyl (C=O) groups excluding carboxylic acids is 1. The van der Waals surface area contributed by atoms with Crippen molar-refractivity contribution in [3.05, 3.63) is 0 Å². The number of piperidine rings is 2. The summed E-state index contributed by atoms with van der Waals surface area (Å²) in [5.74, 6) is 0.798. The first-order valence-electron chi connectivity index (χ1n) is 4.76. The molecule has 2 aliphatic heterocycles. The fourth-order valence-corrected chi connectivity index (χ4v) is 2.42. The van der Waals surface area contributed by atoms with Crippen molar-refractivity contribution in [3.8, 4) is 0 Å². The van der Waals surface area contributed by atoms with Gasteiger partial charge in [-0.25, -0.2) is 0 Å². The van der Waals surface area contributed by atoms with Gasteiger partial charge in [0.05, 0.1) is 0 Å². The summed E-state index contributed by atoms with van der Waals surface area (Å²) in [5.41, 5.74) is 0. The van der Waals surface area contributed by atoms with Crippen molar-refractivity contribution in [1.29, 1.82) is 0 Å². The van der Waals surface area contributed by atoms with Crippen LogP contribution in [-0.4, -0.2) is 24.5 Å². The zero-order valence-corrected chi connectivity index (χ0v) is 7.47. The lowest BCUT2D eigenvalue weighted by molar-refractivity contribution is -0.120. The molecule has 3 atom stereocenters. The molecule has 3 rings (SSSR count). The lowest BCUT2D eigenvalue weighted by atomic mass is 9.77. The van der Waals surface area contributed by atoms with E-state index in [1.54, 1.807) is 6.92 Å². The second kappa shape index (κ2) is 3.05. The van der Waals surface area contributed by atoms with E-state index in [4.69, 9.17) is 0 Å². The molecule has 2 saturated heterocycles. The maximum Gasteiger partial charge on any atom is 0.217 e. The summed E-state index contributed by atoms with van der Waals surface area (Å²) in [6, 6.07) is 1.11. The summed E-state index contributed by atoms with van der Waals surface area (Å²) in [5, 5.41) is 6.50. The van der Waals surface area contributed by atoms with E-state index in [-0.39, 0.29) is 5.91 Å². The van der Waals surface area contributed by atoms with Gasteiger partial charge in [-0.05, 0) is 25.2 Å². The second-order valence-corrected chi connectivity index (χ2v) is 3.99. The molecular formula is C9H16N2O. The number of fused-ring (bicyclic) bond motifs is 3. The van der Waals surface area contributed by atoms with Crippen molar-refractivity contribution in [2.75, 3.05) is 6.54 Å². The third-order valence-corrected chi connectivity index (χ3v) is 3.05. The van der Waals surface area contributed by atoms with Gasteiger partial charge in [-0.1, -0.05) is 0 Å². The number of hydrogen-bond acceptors (Lipinski definition) is 2. The minimum atomic E-state index is 0.118. The van der Waals surface area contributed by atoms with Gasteiger partial charge < -0.3 is 10.6 Å². The van der Waals surface area contributed by atoms with Crippen LogP contribution in [0.2, 0.25) is 0 Å². The van der Waals surface area contributed by atoms with E-state index in [2.05, 4.69) is 10.6 Å². The molecule has 0 aromatic heterocycles. The molecule has 3 fully saturated rings. The smallest absolute Gasteiger partial charge is 0.217 e. The second-order valence-electron chi connectivity index (χ2n) is 3.99. The van der Waals surface area contributed by atoms with Crippen LogP contribution in [0.25, 0.3) is 0 Å². The van der Waals surface area contributed by atoms with Crippen molar-refractivity contribution in [1.82, 2.24) is 10.6 Å². The van der Waals surface area contributed by atoms with Crippen LogP contribution in [0, 0.1) is 5.92 Å². The van der Waals surface area contributed by atoms with Gasteiger partial charge in [-0.15, -0.1) is 0 Å². The molecule has 68 valence electrons. The van der Waals surface area contributed by atoms with E-state index in [9.17, 15) is 4.79 Å². The molecular weight excluding hydrogens is 152 g/mol. The third-order valence-electron chi connectivity index (χ3n) is 3.05. The van der Waals surface area contributed by atoms with Crippen LogP contribution < -0.4 is 10.6 Å². The van der Waals surface area contributed by atoms with Gasteiger partial charge >= 0.3 is 0 Å². The topological polar surface area (TPSA) is 41.1 Å². The maximum atomic E-state index is 10.9. The predicted octanol–water partition coefficient (Wildman–Crippen LogP) is 0.263. The van der Waals surface area contributed by atoms with E-state index >= 15 is 0 Å². The average molecular weight is 168 g/mol. The third kappa shape index (κ3) is 1.46. The number of nitrogens with one attached hydrogen (secondary N) is 2. The van der Waals surface area contributed by atoms with Gasteiger partial charge in [0.2, 0.25) is 5.91 Å². The van der Waals surface area contributed by atoms with Crippen molar-refractivity contribution in [2.24, 2.45) is 5.92 Å². The Morgan fingerprint density at radius 1 is 1.50 bits per heavy atom. The molecule has 3 heteroatoms. The van der Waals surface area contributed by atoms with Crippen molar-refractivity contribution < 1.29 is 4.79 Å². The fraction of sp³-hybridized carbons (Fsp3) is 0.889. The fourth-order valence-electron chi connectivity index (χ4n) is 2.42. The molecule has 0 aromatic rings. The van der Waals surface area contributed by atoms with E-state index in [0.29, 0.717) is 18.0 Å². The zero-order valence-electron chi connectivity index (χ0n) is 7.47. The van der Waals surface area contributed by atoms with Gasteiger partial charge in [0.1, 0.15) is 0 Å². The zero-order chi connectivity index (χ0) is 8.55. The highest BCUT2D eigenvalue weighted by Gasteiger charge is 2.35. The quantitative estimate of drug-likeness (QED) is 0.590. The lowest BCUT2D eigenvalue weighted by Gasteiger charge is -2.43. The van der Waals surface area contributed by atoms with Gasteiger partial charge in [0.15, 0.2) is 0 Å². The lowest BCUT2D eigenvalue weighted by Crippen LogP contribution is -2.56. The summed E-state index contributed by atoms with van der Waals surface area (Å²) < 4.78 is 0. The Morgan fingerprint density at radius 2 is 2.33 bits per heavy atom. The molecule has 1 amide bonds. The van der Waals surface area contributed by atoms with Crippen molar-refractivity contribution >= 4 is 5.91 Å². The molecule has 2 heterocycles. The monoisotopic (exact) mass is 168 g/mol. The molecule has 1 saturated carbocycles. The van der Waals surface area contributed by atoms with Crippen LogP contribution in [0.15, 0.2) is 0 Å². The largest absolute Gasteiger partial charge is 0.353 e. The maximum absolute atomic E-state index is 10.9. The van der Waals surface area contributed by atoms with Gasteiger partial charge in [0, 0.05) is 25.6 Å². The molecule has 0 spiro atoms. The Hall–Kier alpha value is -0.570. The van der Waals surface area contributed by atoms with Crippen LogP contribution in [0.3, 0.4) is 0 Å². The Morgan fingerprint density at radius 3 is 2.75 bits per heavy atom. The molecule has 2 bridgehead atoms. The Kier molecular flexibility index (Phi) is 2.05. The molecule has 12 heavy (non-hydrogen) atoms. The normalized spacial score (nSPS) is 39.6. The van der Waals surface area contributed by atoms with E-state index in [1.165, 1.54) is 12.8 Å². The molecule has 2 N–H and O–H groups in total. The SMILES string of the molecule is CC(=O)NC1CC2CCC1CN2. The van der Waals surface area contributed by atoms with Crippen molar-refractivity contribution in [3.63, 3.8) is 0 Å². The van der Waals surface area contributed by atoms with E-state index < -0.39 is 0 Å². The standard InChI is InChI=1S/C9H16N2O/c1-6(12)11-9-4-8-3-2-7(9)5-10-8/h7-10H,2-5H2,1H3,(H,11,12). The summed E-state index contributed by atoms with van der Waals surface area (Å²) in [4.78, 5) is 10.9.